The molecule has 0 saturated carbocycles. The van der Waals surface area contributed by atoms with Gasteiger partial charge in [0.1, 0.15) is 12.7 Å². The van der Waals surface area contributed by atoms with Crippen molar-refractivity contribution in [3.8, 4) is 0 Å². The number of nitrogens with one attached hydrogen (secondary N) is 1. The van der Waals surface area contributed by atoms with Crippen molar-refractivity contribution in [3.05, 3.63) is 0 Å². The van der Waals surface area contributed by atoms with Gasteiger partial charge in [0.2, 0.25) is 5.91 Å². The minimum atomic E-state index is -4.40. The van der Waals surface area contributed by atoms with Crippen molar-refractivity contribution in [1.29, 1.82) is 0 Å². The van der Waals surface area contributed by atoms with E-state index in [1.165, 1.54) is 135 Å². The lowest BCUT2D eigenvalue weighted by Crippen LogP contribution is -2.27. The van der Waals surface area contributed by atoms with E-state index >= 15 is 0 Å². The number of carbonyl (C=O) groups is 2. The molecule has 3 N–H and O–H groups in total. The van der Waals surface area contributed by atoms with Gasteiger partial charge in [-0.05, 0) is 12.8 Å². The van der Waals surface area contributed by atoms with Gasteiger partial charge in [-0.1, -0.05) is 174 Å². The largest absolute Gasteiger partial charge is 0.472 e. The molecular formula is C38H76NO8P. The van der Waals surface area contributed by atoms with Gasteiger partial charge in [-0.25, -0.2) is 4.57 Å². The maximum absolute atomic E-state index is 12.0. The van der Waals surface area contributed by atoms with E-state index in [9.17, 15) is 24.2 Å². The second-order valence-corrected chi connectivity index (χ2v) is 15.1. The fourth-order valence-corrected chi connectivity index (χ4v) is 6.49. The summed E-state index contributed by atoms with van der Waals surface area (Å²) >= 11 is 0. The third-order valence-corrected chi connectivity index (χ3v) is 9.77. The summed E-state index contributed by atoms with van der Waals surface area (Å²) in [6.45, 7) is 3.57. The average Bonchev–Trinajstić information content (AvgIpc) is 3.07. The zero-order valence-corrected chi connectivity index (χ0v) is 32.1. The Labute approximate surface area is 295 Å². The molecule has 0 radical (unpaired) electrons. The standard InChI is InChI=1S/C38H76NO8P/c1-3-5-7-9-11-13-15-17-19-20-22-24-26-28-30-37(41)39-32-33-46-48(43,44)47-35-36(40)34-45-38(42)31-29-27-25-23-21-18-16-14-12-10-8-6-4-2/h36,40H,3-35H2,1-2H3,(H,39,41)(H,43,44). The first-order chi connectivity index (χ1) is 23.3. The summed E-state index contributed by atoms with van der Waals surface area (Å²) in [5.74, 6) is -0.507. The number of carbonyl (C=O) groups excluding carboxylic acids is 2. The summed E-state index contributed by atoms with van der Waals surface area (Å²) in [4.78, 5) is 33.8. The number of aliphatic hydroxyl groups excluding tert-OH is 1. The van der Waals surface area contributed by atoms with Gasteiger partial charge in [0.05, 0.1) is 13.2 Å². The van der Waals surface area contributed by atoms with Gasteiger partial charge in [0, 0.05) is 19.4 Å². The quantitative estimate of drug-likeness (QED) is 0.0329. The fourth-order valence-electron chi connectivity index (χ4n) is 5.73. The molecule has 0 fully saturated rings. The molecule has 2 unspecified atom stereocenters. The first kappa shape index (κ1) is 47.0. The van der Waals surface area contributed by atoms with Crippen LogP contribution < -0.4 is 5.32 Å². The van der Waals surface area contributed by atoms with Crippen molar-refractivity contribution in [3.63, 3.8) is 0 Å². The van der Waals surface area contributed by atoms with Crippen LogP contribution in [0.25, 0.3) is 0 Å². The Morgan fingerprint density at radius 2 is 0.938 bits per heavy atom. The lowest BCUT2D eigenvalue weighted by Gasteiger charge is -2.15. The Morgan fingerprint density at radius 3 is 1.35 bits per heavy atom. The summed E-state index contributed by atoms with van der Waals surface area (Å²) in [5, 5.41) is 12.7. The molecule has 1 amide bonds. The normalized spacial score (nSPS) is 13.3. The molecule has 0 spiro atoms. The van der Waals surface area contributed by atoms with Crippen LogP contribution in [-0.4, -0.2) is 54.3 Å². The van der Waals surface area contributed by atoms with Gasteiger partial charge in [-0.3, -0.25) is 18.6 Å². The molecule has 2 atom stereocenters. The van der Waals surface area contributed by atoms with Crippen LogP contribution in [-0.2, 0) is 27.9 Å². The maximum atomic E-state index is 12.0. The molecular weight excluding hydrogens is 629 g/mol. The topological polar surface area (TPSA) is 131 Å². The van der Waals surface area contributed by atoms with Gasteiger partial charge in [0.25, 0.3) is 0 Å². The third kappa shape index (κ3) is 36.3. The molecule has 9 nitrogen and oxygen atoms in total. The van der Waals surface area contributed by atoms with Crippen LogP contribution in [0.5, 0.6) is 0 Å². The molecule has 0 aromatic carbocycles. The van der Waals surface area contributed by atoms with Crippen LogP contribution in [0.4, 0.5) is 0 Å². The fraction of sp³-hybridized carbons (Fsp3) is 0.947. The van der Waals surface area contributed by atoms with Crippen LogP contribution >= 0.6 is 7.82 Å². The van der Waals surface area contributed by atoms with E-state index in [1.54, 1.807) is 0 Å². The number of aliphatic hydroxyl groups is 1. The van der Waals surface area contributed by atoms with E-state index in [0.29, 0.717) is 6.42 Å². The van der Waals surface area contributed by atoms with Crippen molar-refractivity contribution in [2.75, 3.05) is 26.4 Å². The van der Waals surface area contributed by atoms with E-state index < -0.39 is 26.5 Å². The first-order valence-corrected chi connectivity index (χ1v) is 21.5. The molecule has 0 saturated heterocycles. The lowest BCUT2D eigenvalue weighted by molar-refractivity contribution is -0.147. The van der Waals surface area contributed by atoms with E-state index in [-0.39, 0.29) is 32.1 Å². The Hall–Kier alpha value is -0.990. The molecule has 10 heteroatoms. The number of hydrogen-bond donors (Lipinski definition) is 3. The number of amides is 1. The van der Waals surface area contributed by atoms with Crippen LogP contribution in [0.2, 0.25) is 0 Å². The average molecular weight is 706 g/mol. The van der Waals surface area contributed by atoms with Crippen LogP contribution in [0.3, 0.4) is 0 Å². The molecule has 0 heterocycles. The smallest absolute Gasteiger partial charge is 0.463 e. The van der Waals surface area contributed by atoms with Crippen molar-refractivity contribution < 1.29 is 37.9 Å². The molecule has 0 aliphatic carbocycles. The molecule has 0 aromatic rings. The molecule has 0 rings (SSSR count). The number of ether oxygens (including phenoxy) is 1. The minimum absolute atomic E-state index is 0.0880. The predicted octanol–water partition coefficient (Wildman–Crippen LogP) is 10.5. The van der Waals surface area contributed by atoms with E-state index in [4.69, 9.17) is 13.8 Å². The Morgan fingerprint density at radius 1 is 0.562 bits per heavy atom. The second-order valence-electron chi connectivity index (χ2n) is 13.6. The Balaban J connectivity index is 3.58. The van der Waals surface area contributed by atoms with Crippen molar-refractivity contribution >= 4 is 19.7 Å². The highest BCUT2D eigenvalue weighted by Crippen LogP contribution is 2.42. The van der Waals surface area contributed by atoms with Gasteiger partial charge in [0.15, 0.2) is 0 Å². The highest BCUT2D eigenvalue weighted by Gasteiger charge is 2.23. The zero-order chi connectivity index (χ0) is 35.4. The number of phosphoric acid groups is 1. The second kappa shape index (κ2) is 35.8. The summed E-state index contributed by atoms with van der Waals surface area (Å²) < 4.78 is 26.8. The first-order valence-electron chi connectivity index (χ1n) is 20.0. The van der Waals surface area contributed by atoms with Crippen molar-refractivity contribution in [1.82, 2.24) is 5.32 Å². The third-order valence-electron chi connectivity index (χ3n) is 8.79. The molecule has 48 heavy (non-hydrogen) atoms. The lowest BCUT2D eigenvalue weighted by atomic mass is 10.0. The molecule has 0 aliphatic heterocycles. The highest BCUT2D eigenvalue weighted by molar-refractivity contribution is 7.47. The molecule has 0 bridgehead atoms. The van der Waals surface area contributed by atoms with Gasteiger partial charge in [-0.2, -0.15) is 0 Å². The van der Waals surface area contributed by atoms with Crippen LogP contribution in [0.15, 0.2) is 0 Å². The van der Waals surface area contributed by atoms with Crippen LogP contribution in [0, 0.1) is 0 Å². The maximum Gasteiger partial charge on any atom is 0.472 e. The van der Waals surface area contributed by atoms with E-state index in [2.05, 4.69) is 19.2 Å². The number of rotatable bonds is 38. The Kier molecular flexibility index (Phi) is 35.1. The molecule has 0 aliphatic rings. The number of phosphoric ester groups is 1. The van der Waals surface area contributed by atoms with E-state index in [1.807, 2.05) is 0 Å². The van der Waals surface area contributed by atoms with Crippen molar-refractivity contribution in [2.24, 2.45) is 0 Å². The summed E-state index contributed by atoms with van der Waals surface area (Å²) in [5.41, 5.74) is 0. The summed E-state index contributed by atoms with van der Waals surface area (Å²) in [6.07, 6.45) is 33.1. The SMILES string of the molecule is CCCCCCCCCCCCCCCCC(=O)NCCOP(=O)(O)OCC(O)COC(=O)CCCCCCCCCCCCCCC. The number of esters is 1. The predicted molar refractivity (Wildman–Crippen MR) is 197 cm³/mol. The van der Waals surface area contributed by atoms with Crippen molar-refractivity contribution in [2.45, 2.75) is 206 Å². The van der Waals surface area contributed by atoms with Gasteiger partial charge < -0.3 is 20.1 Å². The summed E-state index contributed by atoms with van der Waals surface area (Å²) in [6, 6.07) is 0. The number of hydrogen-bond acceptors (Lipinski definition) is 7. The van der Waals surface area contributed by atoms with E-state index in [0.717, 1.165) is 38.5 Å². The highest BCUT2D eigenvalue weighted by atomic mass is 31.2. The molecule has 286 valence electrons. The Bertz CT molecular complexity index is 769. The monoisotopic (exact) mass is 706 g/mol. The zero-order valence-electron chi connectivity index (χ0n) is 31.2. The van der Waals surface area contributed by atoms with Gasteiger partial charge in [-0.15, -0.1) is 0 Å². The van der Waals surface area contributed by atoms with Crippen LogP contribution in [0.1, 0.15) is 200 Å². The molecule has 0 aromatic heterocycles. The minimum Gasteiger partial charge on any atom is -0.463 e. The van der Waals surface area contributed by atoms with Gasteiger partial charge >= 0.3 is 13.8 Å². The summed E-state index contributed by atoms with van der Waals surface area (Å²) in [7, 11) is -4.40. The number of unbranched alkanes of at least 4 members (excludes halogenated alkanes) is 25.